The van der Waals surface area contributed by atoms with Gasteiger partial charge in [0, 0.05) is 18.7 Å². The highest BCUT2D eigenvalue weighted by molar-refractivity contribution is 6.12. The summed E-state index contributed by atoms with van der Waals surface area (Å²) in [6, 6.07) is -8.29. The first-order valence-electron chi connectivity index (χ1n) is 29.7. The minimum Gasteiger partial charge on any atom is -0.451 e. The molecule has 8 amide bonds. The van der Waals surface area contributed by atoms with E-state index in [2.05, 4.69) is 31.9 Å². The van der Waals surface area contributed by atoms with Gasteiger partial charge >= 0.3 is 35.8 Å². The number of esters is 6. The van der Waals surface area contributed by atoms with E-state index in [0.717, 1.165) is 0 Å². The molecular formula is C60H97N7O20. The molecule has 1 fully saturated rings. The van der Waals surface area contributed by atoms with Crippen molar-refractivity contribution in [1.82, 2.24) is 36.8 Å². The van der Waals surface area contributed by atoms with Crippen LogP contribution in [0.1, 0.15) is 152 Å². The molecule has 12 unspecified atom stereocenters. The zero-order chi connectivity index (χ0) is 67.4. The van der Waals surface area contributed by atoms with Gasteiger partial charge in [-0.1, -0.05) is 125 Å². The molecule has 6 N–H and O–H groups in total. The second kappa shape index (κ2) is 35.4. The third kappa shape index (κ3) is 23.6. The molecule has 0 bridgehead atoms. The third-order valence-corrected chi connectivity index (χ3v) is 13.8. The molecule has 87 heavy (non-hydrogen) atoms. The van der Waals surface area contributed by atoms with Crippen LogP contribution in [0.4, 0.5) is 0 Å². The Morgan fingerprint density at radius 2 is 0.517 bits per heavy atom. The zero-order valence-corrected chi connectivity index (χ0v) is 54.6. The Kier molecular flexibility index (Phi) is 31.5. The standard InChI is InChI=1S/C54H90N6O18.C6H7NO2/c1-22(2)34-45(63)58-35(23(3)4)50(68)73-31(19)43(61)56-38(26(9)10)53(71)77-41(29(15)16)47(65)59-36(24(5)6)51(69)74-32(20)44(62)57-39(27(11)12)54(72)78-42(30(17)18)48(66)60-37(25(7)8)52(70)75-33(21)49(67)76-40(28(13)14)46(64)55-34;1-2-7-5(8)3-4-6(7)9/h22-42H,1-21H3,(H,55,64)(H,56,61)(H,57,62)(H,58,63)(H,59,65)(H,60,66);3-4H,2H2,1H3. The van der Waals surface area contributed by atoms with Gasteiger partial charge in [0.05, 0.1) is 0 Å². The summed E-state index contributed by atoms with van der Waals surface area (Å²) >= 11 is 0. The van der Waals surface area contributed by atoms with Gasteiger partial charge in [0.1, 0.15) is 36.3 Å². The Balaban J connectivity index is 0.00000382. The van der Waals surface area contributed by atoms with E-state index in [9.17, 15) is 67.1 Å². The Morgan fingerprint density at radius 1 is 0.299 bits per heavy atom. The van der Waals surface area contributed by atoms with E-state index < -0.39 is 197 Å². The zero-order valence-electron chi connectivity index (χ0n) is 54.6. The lowest BCUT2D eigenvalue weighted by molar-refractivity contribution is -0.176. The Labute approximate surface area is 511 Å². The summed E-state index contributed by atoms with van der Waals surface area (Å²) in [6.07, 6.45) is -6.77. The number of carbonyl (C=O) groups is 14. The number of nitrogens with zero attached hydrogens (tertiary/aromatic N) is 1. The molecule has 0 aromatic heterocycles. The molecule has 27 heteroatoms. The number of hydrogen-bond donors (Lipinski definition) is 6. The molecule has 0 aromatic carbocycles. The van der Waals surface area contributed by atoms with Crippen LogP contribution in [0.3, 0.4) is 0 Å². The highest BCUT2D eigenvalue weighted by Crippen LogP contribution is 2.20. The number of imide groups is 1. The van der Waals surface area contributed by atoms with Crippen LogP contribution in [0, 0.1) is 53.3 Å². The topological polar surface area (TPSA) is 370 Å². The fraction of sp³-hybridized carbons (Fsp3) is 0.733. The number of likely N-dealkylation sites (N-methyl/N-ethyl adjacent to an activating group) is 1. The molecule has 0 aromatic rings. The first-order chi connectivity index (χ1) is 40.1. The van der Waals surface area contributed by atoms with Crippen molar-refractivity contribution in [2.45, 2.75) is 225 Å². The predicted molar refractivity (Wildman–Crippen MR) is 313 cm³/mol. The van der Waals surface area contributed by atoms with Crippen molar-refractivity contribution in [3.05, 3.63) is 12.2 Å². The van der Waals surface area contributed by atoms with E-state index >= 15 is 0 Å². The van der Waals surface area contributed by atoms with Gasteiger partial charge in [0.25, 0.3) is 41.4 Å². The van der Waals surface area contributed by atoms with E-state index in [-0.39, 0.29) is 11.8 Å². The van der Waals surface area contributed by atoms with E-state index in [1.807, 2.05) is 0 Å². The highest BCUT2D eigenvalue weighted by Gasteiger charge is 2.42. The monoisotopic (exact) mass is 1240 g/mol. The number of nitrogens with one attached hydrogen (secondary N) is 6. The number of cyclic esters (lactones) is 6. The normalized spacial score (nSPS) is 27.7. The maximum absolute atomic E-state index is 13.9. The van der Waals surface area contributed by atoms with Gasteiger partial charge in [-0.25, -0.2) is 28.8 Å². The summed E-state index contributed by atoms with van der Waals surface area (Å²) in [7, 11) is 0. The van der Waals surface area contributed by atoms with Crippen LogP contribution in [-0.4, -0.2) is 167 Å². The molecule has 12 atom stereocenters. The van der Waals surface area contributed by atoms with Crippen LogP contribution < -0.4 is 31.9 Å². The van der Waals surface area contributed by atoms with Crippen molar-refractivity contribution >= 4 is 83.1 Å². The van der Waals surface area contributed by atoms with Gasteiger partial charge in [-0.2, -0.15) is 0 Å². The lowest BCUT2D eigenvalue weighted by atomic mass is 9.99. The first kappa shape index (κ1) is 77.5. The fourth-order valence-electron chi connectivity index (χ4n) is 8.25. The van der Waals surface area contributed by atoms with E-state index in [1.54, 1.807) is 132 Å². The maximum Gasteiger partial charge on any atom is 0.347 e. The lowest BCUT2D eigenvalue weighted by Gasteiger charge is -2.30. The summed E-state index contributed by atoms with van der Waals surface area (Å²) in [5, 5.41) is 15.2. The van der Waals surface area contributed by atoms with Crippen molar-refractivity contribution in [2.75, 3.05) is 6.54 Å². The molecule has 2 rings (SSSR count). The molecule has 2 heterocycles. The number of ether oxygens (including phenoxy) is 6. The Bertz CT molecular complexity index is 2240. The largest absolute Gasteiger partial charge is 0.451 e. The smallest absolute Gasteiger partial charge is 0.347 e. The first-order valence-corrected chi connectivity index (χ1v) is 29.7. The minimum absolute atomic E-state index is 0.206. The van der Waals surface area contributed by atoms with Crippen LogP contribution in [0.2, 0.25) is 0 Å². The van der Waals surface area contributed by atoms with Gasteiger partial charge in [0.2, 0.25) is 5.91 Å². The maximum atomic E-state index is 13.9. The predicted octanol–water partition coefficient (Wildman–Crippen LogP) is 2.27. The lowest BCUT2D eigenvalue weighted by Crippen LogP contribution is -2.58. The molecule has 1 saturated heterocycles. The van der Waals surface area contributed by atoms with Crippen LogP contribution in [0.15, 0.2) is 12.2 Å². The van der Waals surface area contributed by atoms with Crippen LogP contribution in [0.5, 0.6) is 0 Å². The highest BCUT2D eigenvalue weighted by atomic mass is 16.6. The summed E-state index contributed by atoms with van der Waals surface area (Å²) in [6.45, 7) is 34.4. The molecule has 0 aliphatic carbocycles. The van der Waals surface area contributed by atoms with Crippen molar-refractivity contribution < 1.29 is 95.5 Å². The van der Waals surface area contributed by atoms with Crippen LogP contribution >= 0.6 is 0 Å². The van der Waals surface area contributed by atoms with E-state index in [4.69, 9.17) is 28.4 Å². The second-order valence-corrected chi connectivity index (χ2v) is 24.7. The van der Waals surface area contributed by atoms with Crippen molar-refractivity contribution in [3.8, 4) is 0 Å². The molecule has 27 nitrogen and oxygen atoms in total. The number of rotatable bonds is 10. The third-order valence-electron chi connectivity index (χ3n) is 13.8. The second-order valence-electron chi connectivity index (χ2n) is 24.7. The van der Waals surface area contributed by atoms with Gasteiger partial charge in [0.15, 0.2) is 36.6 Å². The fourth-order valence-corrected chi connectivity index (χ4v) is 8.25. The van der Waals surface area contributed by atoms with E-state index in [0.29, 0.717) is 6.54 Å². The Morgan fingerprint density at radius 3 is 0.759 bits per heavy atom. The Hall–Kier alpha value is -7.48. The summed E-state index contributed by atoms with van der Waals surface area (Å²) in [4.78, 5) is 187. The quantitative estimate of drug-likeness (QED) is 0.104. The minimum atomic E-state index is -1.64. The van der Waals surface area contributed by atoms with Crippen LogP contribution in [0.25, 0.3) is 0 Å². The molecule has 0 spiro atoms. The average Bonchev–Trinajstić information content (AvgIpc) is 3.83. The van der Waals surface area contributed by atoms with Gasteiger partial charge in [-0.3, -0.25) is 43.3 Å². The van der Waals surface area contributed by atoms with Crippen molar-refractivity contribution in [1.29, 1.82) is 0 Å². The van der Waals surface area contributed by atoms with Gasteiger partial charge < -0.3 is 60.3 Å². The number of amides is 8. The van der Waals surface area contributed by atoms with Gasteiger partial charge in [-0.15, -0.1) is 0 Å². The number of carbonyl (C=O) groups excluding carboxylic acids is 14. The van der Waals surface area contributed by atoms with E-state index in [1.165, 1.54) is 37.8 Å². The molecule has 2 aliphatic rings. The van der Waals surface area contributed by atoms with Crippen LogP contribution in [-0.2, 0) is 95.5 Å². The summed E-state index contributed by atoms with van der Waals surface area (Å²) in [5.41, 5.74) is 0. The molecule has 492 valence electrons. The number of hydrogen-bond acceptors (Lipinski definition) is 20. The summed E-state index contributed by atoms with van der Waals surface area (Å²) < 4.78 is 33.3. The molecule has 2 aliphatic heterocycles. The van der Waals surface area contributed by atoms with Crippen molar-refractivity contribution in [2.24, 2.45) is 53.3 Å². The average molecular weight is 1240 g/mol. The van der Waals surface area contributed by atoms with Crippen molar-refractivity contribution in [3.63, 3.8) is 0 Å². The van der Waals surface area contributed by atoms with Gasteiger partial charge in [-0.05, 0) is 81.0 Å². The molecular weight excluding hydrogens is 1140 g/mol. The summed E-state index contributed by atoms with van der Waals surface area (Å²) in [5.74, 6) is -18.2. The molecule has 0 saturated carbocycles. The molecule has 0 radical (unpaired) electrons. The SMILES string of the molecule is CC1OC(=O)C(C(C)C)NC(=O)C(C(C)C)NC(=O)C(C(C)C)OC(=O)C(C)OC(=O)C(C(C)C)NC(=O)C(C(C)C)OC(=O)C(C(C)C)NC(=O)C(C)OC(=O)C(C(C)C)NC(=O)C(C(C)C)OC(=O)C(C(C)C)NC1=O.CCN1C(=O)C=CC1=O.